The lowest BCUT2D eigenvalue weighted by Gasteiger charge is -2.30. The molecule has 2 fully saturated rings. The minimum absolute atomic E-state index is 0.142. The van der Waals surface area contributed by atoms with Crippen molar-refractivity contribution in [1.29, 1.82) is 0 Å². The number of carbonyl (C=O) groups excluding carboxylic acids is 3. The number of fused-ring (bicyclic) bond motifs is 2. The van der Waals surface area contributed by atoms with Gasteiger partial charge in [-0.15, -0.1) is 0 Å². The summed E-state index contributed by atoms with van der Waals surface area (Å²) in [6.07, 6.45) is 0. The number of rotatable bonds is 7. The van der Waals surface area contributed by atoms with Crippen LogP contribution in [0, 0.1) is 5.92 Å². The van der Waals surface area contributed by atoms with Gasteiger partial charge in [-0.2, -0.15) is 0 Å². The van der Waals surface area contributed by atoms with Gasteiger partial charge in [0.2, 0.25) is 11.8 Å². The lowest BCUT2D eigenvalue weighted by atomic mass is 9.83. The number of hydrogen-bond acceptors (Lipinski definition) is 9. The monoisotopic (exact) mass is 659 g/mol. The summed E-state index contributed by atoms with van der Waals surface area (Å²) in [7, 11) is 0. The van der Waals surface area contributed by atoms with E-state index in [1.807, 2.05) is 13.0 Å². The van der Waals surface area contributed by atoms with Crippen LogP contribution in [0.1, 0.15) is 23.3 Å². The Bertz CT molecular complexity index is 1550. The molecule has 0 aliphatic carbocycles. The maximum absolute atomic E-state index is 13.9. The summed E-state index contributed by atoms with van der Waals surface area (Å²) in [5, 5.41) is -0.106. The molecular weight excluding hydrogens is 634 g/mol. The molecule has 214 valence electrons. The number of hydrogen-bond donors (Lipinski definition) is 1. The number of halogens is 1. The van der Waals surface area contributed by atoms with E-state index in [-0.39, 0.29) is 29.2 Å². The fraction of sp³-hybridized carbons (Fsp3) is 0.357. The molecular formula is C28H26BrN3O7S2. The van der Waals surface area contributed by atoms with Gasteiger partial charge in [-0.05, 0) is 48.9 Å². The van der Waals surface area contributed by atoms with Crippen LogP contribution < -0.4 is 19.2 Å². The van der Waals surface area contributed by atoms with Crippen LogP contribution in [-0.4, -0.2) is 72.4 Å². The summed E-state index contributed by atoms with van der Waals surface area (Å²) in [5.74, 6) is -1.24. The van der Waals surface area contributed by atoms with Gasteiger partial charge in [0.15, 0.2) is 18.1 Å². The fourth-order valence-electron chi connectivity index (χ4n) is 5.37. The first-order valence-electron chi connectivity index (χ1n) is 13.1. The maximum atomic E-state index is 13.9. The van der Waals surface area contributed by atoms with Gasteiger partial charge in [0, 0.05) is 28.4 Å². The summed E-state index contributed by atoms with van der Waals surface area (Å²) >= 11 is 5.67. The van der Waals surface area contributed by atoms with E-state index in [0.717, 1.165) is 15.8 Å². The third-order valence-electron chi connectivity index (χ3n) is 7.25. The smallest absolute Gasteiger partial charge is 0.305 e. The van der Waals surface area contributed by atoms with Gasteiger partial charge in [0.1, 0.15) is 5.25 Å². The number of aromatic nitrogens is 1. The zero-order valence-corrected chi connectivity index (χ0v) is 25.2. The first-order chi connectivity index (χ1) is 19.9. The zero-order valence-electron chi connectivity index (χ0n) is 22.0. The van der Waals surface area contributed by atoms with Gasteiger partial charge in [-0.1, -0.05) is 45.1 Å². The molecule has 3 atom stereocenters. The quantitative estimate of drug-likeness (QED) is 0.382. The number of nitrogens with one attached hydrogen (secondary N) is 1. The van der Waals surface area contributed by atoms with Crippen molar-refractivity contribution >= 4 is 62.4 Å². The molecule has 41 heavy (non-hydrogen) atoms. The Balaban J connectivity index is 1.34. The van der Waals surface area contributed by atoms with E-state index >= 15 is 0 Å². The number of anilines is 1. The number of amides is 3. The fourth-order valence-corrected chi connectivity index (χ4v) is 8.15. The summed E-state index contributed by atoms with van der Waals surface area (Å²) in [6.45, 7) is 4.08. The summed E-state index contributed by atoms with van der Waals surface area (Å²) in [5.41, 5.74) is 1.21. The molecule has 0 bridgehead atoms. The van der Waals surface area contributed by atoms with Gasteiger partial charge in [-0.3, -0.25) is 19.2 Å². The second-order valence-electron chi connectivity index (χ2n) is 9.66. The molecule has 3 aromatic rings. The van der Waals surface area contributed by atoms with Gasteiger partial charge < -0.3 is 24.1 Å². The zero-order chi connectivity index (χ0) is 28.7. The molecule has 3 amide bonds. The lowest BCUT2D eigenvalue weighted by Crippen LogP contribution is -2.43. The molecule has 1 N–H and O–H groups in total. The number of carbonyl (C=O) groups is 3. The van der Waals surface area contributed by atoms with Crippen molar-refractivity contribution in [3.63, 3.8) is 0 Å². The number of nitrogens with zero attached hydrogens (tertiary/aromatic N) is 2. The third-order valence-corrected chi connectivity index (χ3v) is 10.2. The highest BCUT2D eigenvalue weighted by atomic mass is 79.9. The molecule has 2 unspecified atom stereocenters. The molecule has 0 spiro atoms. The number of aromatic amines is 1. The normalized spacial score (nSPS) is 22.0. The van der Waals surface area contributed by atoms with Crippen LogP contribution in [0.3, 0.4) is 0 Å². The molecule has 13 heteroatoms. The highest BCUT2D eigenvalue weighted by Gasteiger charge is 2.56. The van der Waals surface area contributed by atoms with E-state index in [9.17, 15) is 19.2 Å². The van der Waals surface area contributed by atoms with Crippen molar-refractivity contribution in [2.24, 2.45) is 5.92 Å². The Morgan fingerprint density at radius 3 is 2.54 bits per heavy atom. The predicted octanol–water partition coefficient (Wildman–Crippen LogP) is 3.63. The van der Waals surface area contributed by atoms with E-state index in [2.05, 4.69) is 20.9 Å². The Hall–Kier alpha value is -3.13. The van der Waals surface area contributed by atoms with Gasteiger partial charge in [0.05, 0.1) is 36.5 Å². The molecule has 6 rings (SSSR count). The van der Waals surface area contributed by atoms with E-state index < -0.39 is 17.1 Å². The summed E-state index contributed by atoms with van der Waals surface area (Å²) in [4.78, 5) is 58.9. The largest absolute Gasteiger partial charge is 0.490 e. The third kappa shape index (κ3) is 5.31. The van der Waals surface area contributed by atoms with Crippen molar-refractivity contribution < 1.29 is 28.6 Å². The van der Waals surface area contributed by atoms with Crippen molar-refractivity contribution in [3.8, 4) is 11.5 Å². The molecule has 2 aromatic carbocycles. The second kappa shape index (κ2) is 11.6. The Morgan fingerprint density at radius 1 is 1.05 bits per heavy atom. The Morgan fingerprint density at radius 2 is 1.80 bits per heavy atom. The standard InChI is InChI=1S/C28H26BrN3O7S2/c1-2-38-19-13-15(3-8-18(19)39-14-20(33)31-9-11-37-12-10-31)21-22-24(40-25-23(21)41-28(36)30-25)27(35)32(26(22)34)17-6-4-16(29)5-7-17/h3-8,13,21-22,24H,2,9-12,14H2,1H3,(H,30,36)/t21-,22?,24?/m1/s1. The first kappa shape index (κ1) is 28.0. The van der Waals surface area contributed by atoms with Crippen molar-refractivity contribution in [2.45, 2.75) is 23.1 Å². The minimum Gasteiger partial charge on any atom is -0.490 e. The molecule has 3 aliphatic rings. The lowest BCUT2D eigenvalue weighted by molar-refractivity contribution is -0.137. The number of thioether (sulfide) groups is 1. The molecule has 3 aliphatic heterocycles. The topological polar surface area (TPSA) is 118 Å². The van der Waals surface area contributed by atoms with E-state index in [1.54, 1.807) is 41.3 Å². The minimum atomic E-state index is -0.723. The average molecular weight is 661 g/mol. The molecule has 1 aromatic heterocycles. The van der Waals surface area contributed by atoms with Crippen LogP contribution in [0.25, 0.3) is 0 Å². The van der Waals surface area contributed by atoms with E-state index in [4.69, 9.17) is 14.2 Å². The molecule has 0 radical (unpaired) electrons. The van der Waals surface area contributed by atoms with Crippen LogP contribution >= 0.6 is 39.0 Å². The van der Waals surface area contributed by atoms with Gasteiger partial charge >= 0.3 is 4.87 Å². The number of thiazole rings is 1. The van der Waals surface area contributed by atoms with Crippen LogP contribution in [-0.2, 0) is 19.1 Å². The highest BCUT2D eigenvalue weighted by molar-refractivity contribution is 9.10. The van der Waals surface area contributed by atoms with Gasteiger partial charge in [0.25, 0.3) is 5.91 Å². The van der Waals surface area contributed by atoms with E-state index in [0.29, 0.717) is 65.6 Å². The second-order valence-corrected chi connectivity index (χ2v) is 12.7. The van der Waals surface area contributed by atoms with Gasteiger partial charge in [-0.25, -0.2) is 4.90 Å². The molecule has 0 saturated carbocycles. The predicted molar refractivity (Wildman–Crippen MR) is 157 cm³/mol. The molecule has 4 heterocycles. The van der Waals surface area contributed by atoms with Crippen LogP contribution in [0.15, 0.2) is 56.8 Å². The number of H-pyrrole nitrogens is 1. The van der Waals surface area contributed by atoms with Crippen molar-refractivity contribution in [1.82, 2.24) is 9.88 Å². The summed E-state index contributed by atoms with van der Waals surface area (Å²) < 4.78 is 17.9. The van der Waals surface area contributed by atoms with Crippen LogP contribution in [0.2, 0.25) is 0 Å². The van der Waals surface area contributed by atoms with Crippen LogP contribution in [0.5, 0.6) is 11.5 Å². The SMILES string of the molecule is CCOc1cc([C@H]2c3sc(=O)[nH]c3SC3C(=O)N(c4ccc(Br)cc4)C(=O)C32)ccc1OCC(=O)N1CCOCC1. The maximum Gasteiger partial charge on any atom is 0.305 e. The molecule has 2 saturated heterocycles. The van der Waals surface area contributed by atoms with Crippen molar-refractivity contribution in [2.75, 3.05) is 44.4 Å². The summed E-state index contributed by atoms with van der Waals surface area (Å²) in [6, 6.07) is 12.3. The number of imide groups is 1. The van der Waals surface area contributed by atoms with Crippen LogP contribution in [0.4, 0.5) is 5.69 Å². The highest BCUT2D eigenvalue weighted by Crippen LogP contribution is 2.53. The van der Waals surface area contributed by atoms with E-state index in [1.165, 1.54) is 16.7 Å². The Kier molecular flexibility index (Phi) is 7.94. The number of morpholine rings is 1. The Labute approximate surface area is 252 Å². The average Bonchev–Trinajstić information content (AvgIpc) is 3.47. The number of ether oxygens (including phenoxy) is 3. The first-order valence-corrected chi connectivity index (χ1v) is 15.6. The number of benzene rings is 2. The van der Waals surface area contributed by atoms with Crippen molar-refractivity contribution in [3.05, 3.63) is 67.0 Å². The molecule has 10 nitrogen and oxygen atoms in total.